The molecule has 1 aromatic carbocycles. The van der Waals surface area contributed by atoms with Gasteiger partial charge >= 0.3 is 0 Å². The molecule has 7 nitrogen and oxygen atoms in total. The van der Waals surface area contributed by atoms with Gasteiger partial charge in [-0.3, -0.25) is 4.79 Å². The first-order chi connectivity index (χ1) is 12.9. The molecule has 2 aliphatic rings. The van der Waals surface area contributed by atoms with Crippen molar-refractivity contribution in [2.45, 2.75) is 49.4 Å². The van der Waals surface area contributed by atoms with Gasteiger partial charge in [-0.2, -0.15) is 0 Å². The Morgan fingerprint density at radius 1 is 1.19 bits per heavy atom. The number of ether oxygens (including phenoxy) is 2. The van der Waals surface area contributed by atoms with Gasteiger partial charge in [-0.15, -0.1) is 0 Å². The molecule has 2 N–H and O–H groups in total. The fraction of sp³-hybridized carbons (Fsp3) is 0.611. The Morgan fingerprint density at radius 2 is 1.89 bits per heavy atom. The highest BCUT2D eigenvalue weighted by molar-refractivity contribution is 7.90. The van der Waals surface area contributed by atoms with Crippen LogP contribution in [0.5, 0.6) is 5.75 Å². The van der Waals surface area contributed by atoms with Gasteiger partial charge in [-0.05, 0) is 50.3 Å². The van der Waals surface area contributed by atoms with E-state index in [9.17, 15) is 17.6 Å². The number of nitrogens with one attached hydrogen (secondary N) is 2. The number of hydrogen-bond acceptors (Lipinski definition) is 5. The molecule has 9 heteroatoms. The molecule has 27 heavy (non-hydrogen) atoms. The fourth-order valence-corrected chi connectivity index (χ4v) is 5.34. The molecular weight excluding hydrogens is 375 g/mol. The fourth-order valence-electron chi connectivity index (χ4n) is 3.66. The third kappa shape index (κ3) is 4.97. The molecule has 1 amide bonds. The molecule has 0 aromatic heterocycles. The molecule has 1 heterocycles. The monoisotopic (exact) mass is 400 g/mol. The SMILES string of the molecule is COc1ccc(F)cc1C(=O)N[C@@H]1CC[C@H](NS(=O)(=O)C2CCOCC2)C1. The number of rotatable bonds is 6. The Labute approximate surface area is 158 Å². The largest absolute Gasteiger partial charge is 0.496 e. The van der Waals surface area contributed by atoms with Crippen LogP contribution >= 0.6 is 0 Å². The molecule has 0 spiro atoms. The summed E-state index contributed by atoms with van der Waals surface area (Å²) >= 11 is 0. The quantitative estimate of drug-likeness (QED) is 0.756. The van der Waals surface area contributed by atoms with Gasteiger partial charge in [0.1, 0.15) is 11.6 Å². The minimum Gasteiger partial charge on any atom is -0.496 e. The summed E-state index contributed by atoms with van der Waals surface area (Å²) in [5, 5.41) is 2.43. The molecule has 1 aliphatic carbocycles. The summed E-state index contributed by atoms with van der Waals surface area (Å²) < 4.78 is 51.6. The van der Waals surface area contributed by atoms with Crippen LogP contribution in [0.3, 0.4) is 0 Å². The summed E-state index contributed by atoms with van der Waals surface area (Å²) in [5.41, 5.74) is 0.128. The zero-order valence-corrected chi connectivity index (χ0v) is 16.1. The molecular formula is C18H25FN2O5S. The molecule has 2 fully saturated rings. The summed E-state index contributed by atoms with van der Waals surface area (Å²) in [7, 11) is -1.98. The van der Waals surface area contributed by atoms with E-state index in [1.165, 1.54) is 19.2 Å². The Kier molecular flexibility index (Phi) is 6.33. The molecule has 1 saturated heterocycles. The van der Waals surface area contributed by atoms with Crippen LogP contribution in [-0.4, -0.2) is 52.0 Å². The first-order valence-electron chi connectivity index (χ1n) is 9.12. The van der Waals surface area contributed by atoms with Crippen molar-refractivity contribution in [1.82, 2.24) is 10.0 Å². The zero-order chi connectivity index (χ0) is 19.4. The Hall–Kier alpha value is -1.71. The average molecular weight is 400 g/mol. The maximum Gasteiger partial charge on any atom is 0.255 e. The van der Waals surface area contributed by atoms with Crippen LogP contribution in [0.15, 0.2) is 18.2 Å². The van der Waals surface area contributed by atoms with Gasteiger partial charge in [-0.1, -0.05) is 0 Å². The van der Waals surface area contributed by atoms with Crippen LogP contribution in [0.1, 0.15) is 42.5 Å². The molecule has 2 atom stereocenters. The summed E-state index contributed by atoms with van der Waals surface area (Å²) in [6.45, 7) is 0.925. The minimum absolute atomic E-state index is 0.128. The number of hydrogen-bond donors (Lipinski definition) is 2. The van der Waals surface area contributed by atoms with Gasteiger partial charge in [0, 0.05) is 25.3 Å². The highest BCUT2D eigenvalue weighted by Crippen LogP contribution is 2.24. The topological polar surface area (TPSA) is 93.7 Å². The highest BCUT2D eigenvalue weighted by Gasteiger charge is 2.34. The lowest BCUT2D eigenvalue weighted by atomic mass is 10.1. The van der Waals surface area contributed by atoms with Crippen molar-refractivity contribution in [2.75, 3.05) is 20.3 Å². The first kappa shape index (κ1) is 20.0. The third-order valence-corrected chi connectivity index (χ3v) is 7.12. The highest BCUT2D eigenvalue weighted by atomic mass is 32.2. The number of carbonyl (C=O) groups is 1. The van der Waals surface area contributed by atoms with Crippen molar-refractivity contribution in [2.24, 2.45) is 0 Å². The lowest BCUT2D eigenvalue weighted by Gasteiger charge is -2.24. The van der Waals surface area contributed by atoms with Crippen molar-refractivity contribution in [3.63, 3.8) is 0 Å². The number of carbonyl (C=O) groups excluding carboxylic acids is 1. The normalized spacial score (nSPS) is 23.9. The second-order valence-electron chi connectivity index (χ2n) is 7.00. The van der Waals surface area contributed by atoms with E-state index in [2.05, 4.69) is 10.0 Å². The lowest BCUT2D eigenvalue weighted by Crippen LogP contribution is -2.43. The van der Waals surface area contributed by atoms with E-state index >= 15 is 0 Å². The molecule has 0 bridgehead atoms. The standard InChI is InChI=1S/C18H25FN2O5S/c1-25-17-5-2-12(19)10-16(17)18(22)20-13-3-4-14(11-13)21-27(23,24)15-6-8-26-9-7-15/h2,5,10,13-15,21H,3-4,6-9,11H2,1H3,(H,20,22)/t13-,14+/m1/s1. The summed E-state index contributed by atoms with van der Waals surface area (Å²) in [5.74, 6) is -0.651. The van der Waals surface area contributed by atoms with Gasteiger partial charge in [0.05, 0.1) is 17.9 Å². The smallest absolute Gasteiger partial charge is 0.255 e. The average Bonchev–Trinajstić information content (AvgIpc) is 3.08. The van der Waals surface area contributed by atoms with Gasteiger partial charge in [0.2, 0.25) is 10.0 Å². The Morgan fingerprint density at radius 3 is 2.59 bits per heavy atom. The summed E-state index contributed by atoms with van der Waals surface area (Å²) in [4.78, 5) is 12.5. The molecule has 1 aromatic rings. The van der Waals surface area contributed by atoms with Gasteiger partial charge < -0.3 is 14.8 Å². The molecule has 0 unspecified atom stereocenters. The van der Waals surface area contributed by atoms with Crippen molar-refractivity contribution in [1.29, 1.82) is 0 Å². The van der Waals surface area contributed by atoms with Crippen LogP contribution < -0.4 is 14.8 Å². The maximum absolute atomic E-state index is 13.5. The van der Waals surface area contributed by atoms with Crippen LogP contribution in [0.2, 0.25) is 0 Å². The molecule has 3 rings (SSSR count). The molecule has 150 valence electrons. The third-order valence-electron chi connectivity index (χ3n) is 5.11. The lowest BCUT2D eigenvalue weighted by molar-refractivity contribution is 0.0933. The van der Waals surface area contributed by atoms with E-state index in [0.717, 1.165) is 6.07 Å². The van der Waals surface area contributed by atoms with Gasteiger partial charge in [0.15, 0.2) is 0 Å². The maximum atomic E-state index is 13.5. The van der Waals surface area contributed by atoms with Crippen molar-refractivity contribution < 1.29 is 27.1 Å². The number of benzene rings is 1. The Bertz CT molecular complexity index is 780. The van der Waals surface area contributed by atoms with Crippen LogP contribution in [0.4, 0.5) is 4.39 Å². The summed E-state index contributed by atoms with van der Waals surface area (Å²) in [6.07, 6.45) is 2.81. The second kappa shape index (κ2) is 8.53. The molecule has 0 radical (unpaired) electrons. The zero-order valence-electron chi connectivity index (χ0n) is 15.2. The second-order valence-corrected chi connectivity index (χ2v) is 8.99. The van der Waals surface area contributed by atoms with Crippen LogP contribution in [-0.2, 0) is 14.8 Å². The van der Waals surface area contributed by atoms with E-state index in [-0.39, 0.29) is 17.6 Å². The molecule has 1 aliphatic heterocycles. The first-order valence-corrected chi connectivity index (χ1v) is 10.7. The van der Waals surface area contributed by atoms with E-state index < -0.39 is 27.0 Å². The predicted octanol–water partition coefficient (Wildman–Crippen LogP) is 1.58. The number of amides is 1. The predicted molar refractivity (Wildman–Crippen MR) is 97.7 cm³/mol. The van der Waals surface area contributed by atoms with Crippen LogP contribution in [0.25, 0.3) is 0 Å². The van der Waals surface area contributed by atoms with Gasteiger partial charge in [-0.25, -0.2) is 17.5 Å². The Balaban J connectivity index is 1.57. The van der Waals surface area contributed by atoms with Gasteiger partial charge in [0.25, 0.3) is 5.91 Å². The number of sulfonamides is 1. The number of methoxy groups -OCH3 is 1. The van der Waals surface area contributed by atoms with Crippen molar-refractivity contribution in [3.8, 4) is 5.75 Å². The van der Waals surface area contributed by atoms with E-state index in [4.69, 9.17) is 9.47 Å². The minimum atomic E-state index is -3.40. The van der Waals surface area contributed by atoms with E-state index in [0.29, 0.717) is 51.1 Å². The van der Waals surface area contributed by atoms with Crippen molar-refractivity contribution in [3.05, 3.63) is 29.6 Å². The van der Waals surface area contributed by atoms with Crippen molar-refractivity contribution >= 4 is 15.9 Å². The number of halogens is 1. The van der Waals surface area contributed by atoms with E-state index in [1.54, 1.807) is 0 Å². The molecule has 1 saturated carbocycles. The van der Waals surface area contributed by atoms with E-state index in [1.807, 2.05) is 0 Å². The van der Waals surface area contributed by atoms with Crippen LogP contribution in [0, 0.1) is 5.82 Å². The summed E-state index contributed by atoms with van der Waals surface area (Å²) in [6, 6.07) is 3.38.